The molecule has 0 aliphatic rings. The standard InChI is InChI=1S/C14H12N2O2/c1-2-5-13(18-10-14-15-7-8-16-14)11(4-1)12-6-3-9-17-12/h1-9H,10H2,(H,15,16). The first-order valence-corrected chi connectivity index (χ1v) is 5.67. The second-order valence-electron chi connectivity index (χ2n) is 3.80. The summed E-state index contributed by atoms with van der Waals surface area (Å²) < 4.78 is 11.1. The molecule has 90 valence electrons. The highest BCUT2D eigenvalue weighted by molar-refractivity contribution is 5.65. The molecule has 18 heavy (non-hydrogen) atoms. The molecule has 4 heteroatoms. The minimum atomic E-state index is 0.407. The van der Waals surface area contributed by atoms with Crippen LogP contribution in [-0.2, 0) is 6.61 Å². The number of imidazole rings is 1. The van der Waals surface area contributed by atoms with E-state index in [0.29, 0.717) is 6.61 Å². The van der Waals surface area contributed by atoms with Gasteiger partial charge in [-0.3, -0.25) is 0 Å². The topological polar surface area (TPSA) is 51.1 Å². The normalized spacial score (nSPS) is 10.4. The maximum Gasteiger partial charge on any atom is 0.146 e. The van der Waals surface area contributed by atoms with E-state index >= 15 is 0 Å². The van der Waals surface area contributed by atoms with E-state index in [4.69, 9.17) is 9.15 Å². The van der Waals surface area contributed by atoms with Gasteiger partial charge in [0.1, 0.15) is 23.9 Å². The fraction of sp³-hybridized carbons (Fsp3) is 0.0714. The molecule has 0 aliphatic carbocycles. The third kappa shape index (κ3) is 2.13. The maximum absolute atomic E-state index is 5.75. The number of aromatic nitrogens is 2. The van der Waals surface area contributed by atoms with Crippen LogP contribution in [0.25, 0.3) is 11.3 Å². The highest BCUT2D eigenvalue weighted by Crippen LogP contribution is 2.30. The van der Waals surface area contributed by atoms with Crippen LogP contribution in [0.15, 0.2) is 59.5 Å². The first-order chi connectivity index (χ1) is 8.93. The molecule has 0 radical (unpaired) electrons. The van der Waals surface area contributed by atoms with Crippen LogP contribution in [-0.4, -0.2) is 9.97 Å². The van der Waals surface area contributed by atoms with Crippen LogP contribution >= 0.6 is 0 Å². The Kier molecular flexibility index (Phi) is 2.84. The summed E-state index contributed by atoms with van der Waals surface area (Å²) >= 11 is 0. The molecule has 0 aliphatic heterocycles. The predicted molar refractivity (Wildman–Crippen MR) is 67.1 cm³/mol. The van der Waals surface area contributed by atoms with Gasteiger partial charge < -0.3 is 14.1 Å². The SMILES string of the molecule is c1coc(-c2ccccc2OCc2ncc[nH]2)c1. The zero-order chi connectivity index (χ0) is 12.2. The zero-order valence-corrected chi connectivity index (χ0v) is 9.67. The molecule has 0 saturated heterocycles. The zero-order valence-electron chi connectivity index (χ0n) is 9.67. The number of hydrogen-bond acceptors (Lipinski definition) is 3. The van der Waals surface area contributed by atoms with Crippen molar-refractivity contribution in [1.29, 1.82) is 0 Å². The Morgan fingerprint density at radius 1 is 1.17 bits per heavy atom. The monoisotopic (exact) mass is 240 g/mol. The summed E-state index contributed by atoms with van der Waals surface area (Å²) in [7, 11) is 0. The number of para-hydroxylation sites is 1. The quantitative estimate of drug-likeness (QED) is 0.761. The summed E-state index contributed by atoms with van der Waals surface area (Å²) in [4.78, 5) is 7.12. The molecule has 0 unspecified atom stereocenters. The predicted octanol–water partition coefficient (Wildman–Crippen LogP) is 3.25. The third-order valence-corrected chi connectivity index (χ3v) is 2.59. The van der Waals surface area contributed by atoms with Gasteiger partial charge in [0.2, 0.25) is 0 Å². The Hall–Kier alpha value is -2.49. The smallest absolute Gasteiger partial charge is 0.146 e. The molecule has 1 aromatic carbocycles. The average molecular weight is 240 g/mol. The number of nitrogens with one attached hydrogen (secondary N) is 1. The molecule has 0 spiro atoms. The van der Waals surface area contributed by atoms with Crippen molar-refractivity contribution in [2.75, 3.05) is 0 Å². The van der Waals surface area contributed by atoms with Crippen molar-refractivity contribution in [2.24, 2.45) is 0 Å². The minimum absolute atomic E-state index is 0.407. The lowest BCUT2D eigenvalue weighted by Gasteiger charge is -2.08. The van der Waals surface area contributed by atoms with Crippen molar-refractivity contribution < 1.29 is 9.15 Å². The first-order valence-electron chi connectivity index (χ1n) is 5.67. The van der Waals surface area contributed by atoms with Crippen molar-refractivity contribution >= 4 is 0 Å². The van der Waals surface area contributed by atoms with Crippen molar-refractivity contribution in [3.63, 3.8) is 0 Å². The highest BCUT2D eigenvalue weighted by atomic mass is 16.5. The number of benzene rings is 1. The number of rotatable bonds is 4. The van der Waals surface area contributed by atoms with Gasteiger partial charge in [0.15, 0.2) is 0 Å². The van der Waals surface area contributed by atoms with E-state index in [1.165, 1.54) is 0 Å². The van der Waals surface area contributed by atoms with Gasteiger partial charge >= 0.3 is 0 Å². The Morgan fingerprint density at radius 3 is 2.89 bits per heavy atom. The summed E-state index contributed by atoms with van der Waals surface area (Å²) in [6.07, 6.45) is 5.13. The number of aromatic amines is 1. The van der Waals surface area contributed by atoms with E-state index < -0.39 is 0 Å². The lowest BCUT2D eigenvalue weighted by molar-refractivity contribution is 0.297. The number of furan rings is 1. The summed E-state index contributed by atoms with van der Waals surface area (Å²) in [5.74, 6) is 2.37. The molecular formula is C14H12N2O2. The molecule has 2 aromatic heterocycles. The third-order valence-electron chi connectivity index (χ3n) is 2.59. The van der Waals surface area contributed by atoms with Crippen LogP contribution < -0.4 is 4.74 Å². The van der Waals surface area contributed by atoms with Gasteiger partial charge in [-0.05, 0) is 24.3 Å². The van der Waals surface area contributed by atoms with E-state index in [1.807, 2.05) is 36.4 Å². The van der Waals surface area contributed by atoms with Crippen LogP contribution in [0.4, 0.5) is 0 Å². The molecular weight excluding hydrogens is 228 g/mol. The van der Waals surface area contributed by atoms with Crippen LogP contribution in [0.3, 0.4) is 0 Å². The van der Waals surface area contributed by atoms with Crippen LogP contribution in [0.5, 0.6) is 5.75 Å². The molecule has 3 aromatic rings. The summed E-state index contributed by atoms with van der Waals surface area (Å²) in [5.41, 5.74) is 0.939. The second-order valence-corrected chi connectivity index (χ2v) is 3.80. The van der Waals surface area contributed by atoms with Crippen LogP contribution in [0, 0.1) is 0 Å². The van der Waals surface area contributed by atoms with Crippen LogP contribution in [0.2, 0.25) is 0 Å². The summed E-state index contributed by atoms with van der Waals surface area (Å²) in [6, 6.07) is 11.5. The molecule has 0 bridgehead atoms. The lowest BCUT2D eigenvalue weighted by Crippen LogP contribution is -1.98. The largest absolute Gasteiger partial charge is 0.485 e. The summed E-state index contributed by atoms with van der Waals surface area (Å²) in [6.45, 7) is 0.407. The van der Waals surface area contributed by atoms with Gasteiger partial charge in [-0.1, -0.05) is 12.1 Å². The van der Waals surface area contributed by atoms with Crippen molar-refractivity contribution in [1.82, 2.24) is 9.97 Å². The highest BCUT2D eigenvalue weighted by Gasteiger charge is 2.08. The maximum atomic E-state index is 5.75. The number of hydrogen-bond donors (Lipinski definition) is 1. The van der Waals surface area contributed by atoms with E-state index in [0.717, 1.165) is 22.9 Å². The van der Waals surface area contributed by atoms with Crippen molar-refractivity contribution in [2.45, 2.75) is 6.61 Å². The Morgan fingerprint density at radius 2 is 2.11 bits per heavy atom. The first kappa shape index (κ1) is 10.7. The number of H-pyrrole nitrogens is 1. The van der Waals surface area contributed by atoms with Gasteiger partial charge in [0, 0.05) is 12.4 Å². The van der Waals surface area contributed by atoms with E-state index in [1.54, 1.807) is 18.7 Å². The van der Waals surface area contributed by atoms with E-state index in [2.05, 4.69) is 9.97 Å². The molecule has 3 rings (SSSR count). The Bertz CT molecular complexity index is 601. The fourth-order valence-corrected chi connectivity index (χ4v) is 1.75. The Balaban J connectivity index is 1.84. The summed E-state index contributed by atoms with van der Waals surface area (Å²) in [5, 5.41) is 0. The molecule has 0 atom stereocenters. The lowest BCUT2D eigenvalue weighted by atomic mass is 10.1. The Labute approximate surface area is 104 Å². The second kappa shape index (κ2) is 4.79. The number of nitrogens with zero attached hydrogens (tertiary/aromatic N) is 1. The van der Waals surface area contributed by atoms with Gasteiger partial charge in [-0.25, -0.2) is 4.98 Å². The van der Waals surface area contributed by atoms with E-state index in [-0.39, 0.29) is 0 Å². The molecule has 0 fully saturated rings. The molecule has 1 N–H and O–H groups in total. The van der Waals surface area contributed by atoms with Gasteiger partial charge in [-0.2, -0.15) is 0 Å². The molecule has 2 heterocycles. The van der Waals surface area contributed by atoms with Gasteiger partial charge in [0.05, 0.1) is 11.8 Å². The number of ether oxygens (including phenoxy) is 1. The van der Waals surface area contributed by atoms with E-state index in [9.17, 15) is 0 Å². The molecule has 0 amide bonds. The minimum Gasteiger partial charge on any atom is -0.485 e. The van der Waals surface area contributed by atoms with Crippen LogP contribution in [0.1, 0.15) is 5.82 Å². The van der Waals surface area contributed by atoms with Crippen molar-refractivity contribution in [3.05, 3.63) is 60.9 Å². The van der Waals surface area contributed by atoms with Crippen molar-refractivity contribution in [3.8, 4) is 17.1 Å². The molecule has 4 nitrogen and oxygen atoms in total. The average Bonchev–Trinajstić information content (AvgIpc) is 3.10. The van der Waals surface area contributed by atoms with Gasteiger partial charge in [0.25, 0.3) is 0 Å². The van der Waals surface area contributed by atoms with Gasteiger partial charge in [-0.15, -0.1) is 0 Å². The molecule has 0 saturated carbocycles. The fourth-order valence-electron chi connectivity index (χ4n) is 1.75.